The first-order valence-corrected chi connectivity index (χ1v) is 15.7. The molecule has 1 amide bonds. The number of alkyl halides is 1. The summed E-state index contributed by atoms with van der Waals surface area (Å²) < 4.78 is 50.5. The second kappa shape index (κ2) is 11.8. The van der Waals surface area contributed by atoms with Crippen LogP contribution in [0.5, 0.6) is 0 Å². The number of halogens is 2. The van der Waals surface area contributed by atoms with Crippen LogP contribution < -0.4 is 10.2 Å². The fourth-order valence-electron chi connectivity index (χ4n) is 5.29. The van der Waals surface area contributed by atoms with Gasteiger partial charge in [-0.2, -0.15) is 0 Å². The molecule has 6 rings (SSSR count). The van der Waals surface area contributed by atoms with Crippen LogP contribution in [0.4, 0.5) is 10.2 Å². The number of pyridine rings is 3. The molecule has 1 N–H and O–H groups in total. The van der Waals surface area contributed by atoms with E-state index in [1.807, 2.05) is 30.3 Å². The Morgan fingerprint density at radius 3 is 2.65 bits per heavy atom. The van der Waals surface area contributed by atoms with E-state index in [1.54, 1.807) is 12.3 Å². The minimum atomic E-state index is -4.36. The van der Waals surface area contributed by atoms with Crippen molar-refractivity contribution >= 4 is 44.1 Å². The number of fused-ring (bicyclic) bond motifs is 2. The fraction of sp³-hybridized carbons (Fsp3) is 0.333. The average Bonchev–Trinajstić information content (AvgIpc) is 3.10. The molecule has 3 atom stereocenters. The fourth-order valence-corrected chi connectivity index (χ4v) is 6.98. The summed E-state index contributed by atoms with van der Waals surface area (Å²) in [6.45, 7) is 4.88. The molecule has 1 aromatic carbocycles. The molecule has 5 heterocycles. The Morgan fingerprint density at radius 1 is 1.09 bits per heavy atom. The number of nitrogens with zero attached hydrogens (tertiary/aromatic N) is 4. The Labute approximate surface area is 253 Å². The lowest BCUT2D eigenvalue weighted by Gasteiger charge is -2.36. The highest BCUT2D eigenvalue weighted by molar-refractivity contribution is 7.92. The van der Waals surface area contributed by atoms with Gasteiger partial charge in [0, 0.05) is 40.8 Å². The maximum Gasteiger partial charge on any atom is 0.251 e. The maximum absolute atomic E-state index is 14.3. The second-order valence-electron chi connectivity index (χ2n) is 10.7. The number of rotatable bonds is 5. The van der Waals surface area contributed by atoms with Crippen LogP contribution in [0, 0.1) is 0 Å². The monoisotopic (exact) mass is 625 g/mol. The Morgan fingerprint density at radius 2 is 1.86 bits per heavy atom. The highest BCUT2D eigenvalue weighted by Crippen LogP contribution is 2.32. The lowest BCUT2D eigenvalue weighted by molar-refractivity contribution is -0.00545. The number of nitrogens with one attached hydrogen (secondary N) is 1. The van der Waals surface area contributed by atoms with Crippen LogP contribution in [-0.2, 0) is 32.5 Å². The molecule has 4 aromatic rings. The zero-order valence-electron chi connectivity index (χ0n) is 23.5. The van der Waals surface area contributed by atoms with Gasteiger partial charge in [-0.25, -0.2) is 22.8 Å². The molecule has 0 saturated carbocycles. The molecule has 0 radical (unpaired) electrons. The molecule has 10 nitrogen and oxygen atoms in total. The number of ether oxygens (including phenoxy) is 2. The predicted molar refractivity (Wildman–Crippen MR) is 159 cm³/mol. The minimum absolute atomic E-state index is 0.0104. The molecule has 3 aromatic heterocycles. The number of benzene rings is 1. The van der Waals surface area contributed by atoms with Gasteiger partial charge in [0.1, 0.15) is 5.82 Å². The summed E-state index contributed by atoms with van der Waals surface area (Å²) in [5.74, 6) is 0.275. The SMILES string of the molecule is C[C@@H]1CN(c2cccc(-c3ccc4cnc(CNC(=O)c5cc(Cl)c6c(c5)S(=O)(=O)[C@@H](F)COC6)cc4n3)n2)C[C@H](C)O1. The molecule has 0 bridgehead atoms. The van der Waals surface area contributed by atoms with Gasteiger partial charge in [0.05, 0.1) is 59.5 Å². The van der Waals surface area contributed by atoms with E-state index in [2.05, 4.69) is 29.0 Å². The van der Waals surface area contributed by atoms with E-state index in [4.69, 9.17) is 31.0 Å². The van der Waals surface area contributed by atoms with Crippen molar-refractivity contribution in [2.75, 3.05) is 24.6 Å². The van der Waals surface area contributed by atoms with Gasteiger partial charge in [0.2, 0.25) is 15.3 Å². The summed E-state index contributed by atoms with van der Waals surface area (Å²) in [4.78, 5) is 29.0. The third-order valence-corrected chi connectivity index (χ3v) is 9.48. The number of aromatic nitrogens is 3. The quantitative estimate of drug-likeness (QED) is 0.342. The lowest BCUT2D eigenvalue weighted by Crippen LogP contribution is -2.45. The zero-order chi connectivity index (χ0) is 30.3. The molecule has 1 fully saturated rings. The van der Waals surface area contributed by atoms with Crippen molar-refractivity contribution in [1.82, 2.24) is 20.3 Å². The summed E-state index contributed by atoms with van der Waals surface area (Å²) >= 11 is 6.27. The Balaban J connectivity index is 1.21. The first-order chi connectivity index (χ1) is 20.6. The molecule has 43 heavy (non-hydrogen) atoms. The molecular formula is C30H29ClFN5O5S. The normalized spacial score (nSPS) is 21.7. The minimum Gasteiger partial charge on any atom is -0.373 e. The van der Waals surface area contributed by atoms with Gasteiger partial charge in [-0.3, -0.25) is 9.78 Å². The Bertz CT molecular complexity index is 1810. The van der Waals surface area contributed by atoms with Crippen LogP contribution in [0.15, 0.2) is 59.6 Å². The molecule has 0 spiro atoms. The summed E-state index contributed by atoms with van der Waals surface area (Å²) in [7, 11) is -4.36. The van der Waals surface area contributed by atoms with E-state index >= 15 is 0 Å². The Kier molecular flexibility index (Phi) is 8.03. The molecule has 1 saturated heterocycles. The lowest BCUT2D eigenvalue weighted by atomic mass is 10.1. The van der Waals surface area contributed by atoms with E-state index in [0.29, 0.717) is 16.9 Å². The van der Waals surface area contributed by atoms with Crippen LogP contribution in [0.2, 0.25) is 5.02 Å². The van der Waals surface area contributed by atoms with Crippen LogP contribution >= 0.6 is 11.6 Å². The number of morpholine rings is 1. The highest BCUT2D eigenvalue weighted by Gasteiger charge is 2.34. The molecule has 224 valence electrons. The molecule has 2 aliphatic rings. The summed E-state index contributed by atoms with van der Waals surface area (Å²) in [5, 5.41) is 3.56. The standard InChI is InChI=1S/C30H29ClFN5O5S/c1-17-13-37(14-18(2)42-17)29-5-3-4-24(36-29)25-7-6-19-11-33-21(10-26(19)35-25)12-34-30(38)20-8-23(31)22-15-41-16-28(32)43(39,40)27(22)9-20/h3-11,17-18,28H,12-16H2,1-2H3,(H,34,38)/t17-,18+,28-/m1/s1. The van der Waals surface area contributed by atoms with Crippen molar-refractivity contribution in [3.05, 3.63) is 76.6 Å². The highest BCUT2D eigenvalue weighted by atomic mass is 35.5. The molecule has 0 unspecified atom stereocenters. The van der Waals surface area contributed by atoms with Crippen molar-refractivity contribution in [2.24, 2.45) is 0 Å². The summed E-state index contributed by atoms with van der Waals surface area (Å²) in [6.07, 6.45) is 1.89. The van der Waals surface area contributed by atoms with E-state index in [-0.39, 0.29) is 46.4 Å². The molecule has 13 heteroatoms. The number of hydrogen-bond donors (Lipinski definition) is 1. The number of anilines is 1. The first kappa shape index (κ1) is 29.4. The van der Waals surface area contributed by atoms with Crippen molar-refractivity contribution < 1.29 is 27.1 Å². The largest absolute Gasteiger partial charge is 0.373 e. The van der Waals surface area contributed by atoms with Gasteiger partial charge in [0.25, 0.3) is 5.91 Å². The van der Waals surface area contributed by atoms with Gasteiger partial charge < -0.3 is 19.7 Å². The summed E-state index contributed by atoms with van der Waals surface area (Å²) in [6, 6.07) is 13.9. The third-order valence-electron chi connectivity index (χ3n) is 7.36. The van der Waals surface area contributed by atoms with Crippen LogP contribution in [0.3, 0.4) is 0 Å². The maximum atomic E-state index is 14.3. The van der Waals surface area contributed by atoms with Crippen LogP contribution in [0.25, 0.3) is 22.3 Å². The van der Waals surface area contributed by atoms with Crippen molar-refractivity contribution in [3.63, 3.8) is 0 Å². The first-order valence-electron chi connectivity index (χ1n) is 13.8. The van der Waals surface area contributed by atoms with Gasteiger partial charge in [-0.1, -0.05) is 17.7 Å². The third kappa shape index (κ3) is 6.05. The topological polar surface area (TPSA) is 124 Å². The number of carbonyl (C=O) groups excluding carboxylic acids is 1. The van der Waals surface area contributed by atoms with Crippen LogP contribution in [0.1, 0.15) is 35.5 Å². The number of amides is 1. The van der Waals surface area contributed by atoms with E-state index in [1.165, 1.54) is 6.07 Å². The van der Waals surface area contributed by atoms with Gasteiger partial charge in [-0.05, 0) is 56.3 Å². The summed E-state index contributed by atoms with van der Waals surface area (Å²) in [5.41, 5.74) is 0.504. The second-order valence-corrected chi connectivity index (χ2v) is 13.1. The predicted octanol–water partition coefficient (Wildman–Crippen LogP) is 4.49. The zero-order valence-corrected chi connectivity index (χ0v) is 25.0. The number of hydrogen-bond acceptors (Lipinski definition) is 9. The van der Waals surface area contributed by atoms with Gasteiger partial charge in [-0.15, -0.1) is 0 Å². The van der Waals surface area contributed by atoms with E-state index in [0.717, 1.165) is 36.1 Å². The van der Waals surface area contributed by atoms with Gasteiger partial charge in [0.15, 0.2) is 0 Å². The molecular weight excluding hydrogens is 597 g/mol. The number of carbonyl (C=O) groups is 1. The van der Waals surface area contributed by atoms with Crippen LogP contribution in [-0.4, -0.2) is 66.7 Å². The average molecular weight is 626 g/mol. The Hall–Kier alpha value is -3.71. The van der Waals surface area contributed by atoms with Crippen molar-refractivity contribution in [1.29, 1.82) is 0 Å². The van der Waals surface area contributed by atoms with Crippen molar-refractivity contribution in [3.8, 4) is 11.4 Å². The molecule has 0 aliphatic carbocycles. The smallest absolute Gasteiger partial charge is 0.251 e. The van der Waals surface area contributed by atoms with E-state index < -0.39 is 27.9 Å². The van der Waals surface area contributed by atoms with E-state index in [9.17, 15) is 17.6 Å². The van der Waals surface area contributed by atoms with Gasteiger partial charge >= 0.3 is 0 Å². The number of sulfone groups is 1. The van der Waals surface area contributed by atoms with Crippen molar-refractivity contribution in [2.45, 2.75) is 49.6 Å². The molecule has 2 aliphatic heterocycles.